The summed E-state index contributed by atoms with van der Waals surface area (Å²) in [5, 5.41) is 0. The third kappa shape index (κ3) is 4.36. The predicted molar refractivity (Wildman–Crippen MR) is 111 cm³/mol. The summed E-state index contributed by atoms with van der Waals surface area (Å²) in [6.07, 6.45) is 5.35. The van der Waals surface area contributed by atoms with Gasteiger partial charge in [0.25, 0.3) is 5.91 Å². The van der Waals surface area contributed by atoms with Crippen LogP contribution < -0.4 is 0 Å². The summed E-state index contributed by atoms with van der Waals surface area (Å²) in [5.74, 6) is 0.381. The van der Waals surface area contributed by atoms with Crippen molar-refractivity contribution in [1.29, 1.82) is 0 Å². The minimum atomic E-state index is -3.52. The molecule has 0 N–H and O–H groups in total. The quantitative estimate of drug-likeness (QED) is 0.699. The Morgan fingerprint density at radius 1 is 1.21 bits per heavy atom. The fraction of sp³-hybridized carbons (Fsp3) is 0.455. The van der Waals surface area contributed by atoms with Gasteiger partial charge in [0.05, 0.1) is 4.90 Å². The van der Waals surface area contributed by atoms with Crippen molar-refractivity contribution in [3.8, 4) is 0 Å². The average Bonchev–Trinajstić information content (AvgIpc) is 3.57. The van der Waals surface area contributed by atoms with E-state index in [1.807, 2.05) is 13.0 Å². The van der Waals surface area contributed by atoms with Crippen molar-refractivity contribution in [3.63, 3.8) is 0 Å². The van der Waals surface area contributed by atoms with Crippen LogP contribution in [0, 0.1) is 5.92 Å². The number of benzene rings is 1. The van der Waals surface area contributed by atoms with Gasteiger partial charge in [0.1, 0.15) is 5.69 Å². The highest BCUT2D eigenvalue weighted by atomic mass is 32.2. The van der Waals surface area contributed by atoms with E-state index in [2.05, 4.69) is 4.98 Å². The summed E-state index contributed by atoms with van der Waals surface area (Å²) in [4.78, 5) is 19.0. The second-order valence-electron chi connectivity index (χ2n) is 7.93. The minimum absolute atomic E-state index is 0.120. The first-order valence-corrected chi connectivity index (χ1v) is 11.8. The second kappa shape index (κ2) is 8.24. The Morgan fingerprint density at radius 2 is 2.03 bits per heavy atom. The topological polar surface area (TPSA) is 70.6 Å². The standard InChI is InChI=1S/C22H27N3O3S/c1-2-12-25(15-17-6-7-17)29(27,28)20-9-8-18-10-13-24(16-19(18)14-20)22(26)21-5-3-4-11-23-21/h3-5,8-9,11,14,17H,2,6-7,10,12-13,15-16H2,1H3. The largest absolute Gasteiger partial charge is 0.333 e. The summed E-state index contributed by atoms with van der Waals surface area (Å²) in [6.45, 7) is 4.17. The molecule has 1 amide bonds. The lowest BCUT2D eigenvalue weighted by atomic mass is 9.99. The summed E-state index contributed by atoms with van der Waals surface area (Å²) < 4.78 is 28.1. The van der Waals surface area contributed by atoms with Crippen LogP contribution in [-0.4, -0.2) is 48.1 Å². The normalized spacial score (nSPS) is 16.7. The maximum Gasteiger partial charge on any atom is 0.272 e. The Kier molecular flexibility index (Phi) is 5.69. The molecule has 1 saturated carbocycles. The zero-order chi connectivity index (χ0) is 20.4. The van der Waals surface area contributed by atoms with Crippen LogP contribution in [0.4, 0.5) is 0 Å². The molecule has 2 heterocycles. The Bertz CT molecular complexity index is 988. The van der Waals surface area contributed by atoms with Gasteiger partial charge >= 0.3 is 0 Å². The number of aromatic nitrogens is 1. The molecule has 4 rings (SSSR count). The van der Waals surface area contributed by atoms with Crippen LogP contribution in [0.3, 0.4) is 0 Å². The van der Waals surface area contributed by atoms with Crippen LogP contribution in [0.25, 0.3) is 0 Å². The lowest BCUT2D eigenvalue weighted by Gasteiger charge is -2.29. The van der Waals surface area contributed by atoms with E-state index in [9.17, 15) is 13.2 Å². The van der Waals surface area contributed by atoms with Crippen molar-refractivity contribution in [3.05, 3.63) is 59.4 Å². The van der Waals surface area contributed by atoms with Crippen LogP contribution in [-0.2, 0) is 23.0 Å². The van der Waals surface area contributed by atoms with Crippen LogP contribution >= 0.6 is 0 Å². The molecule has 2 aliphatic rings. The van der Waals surface area contributed by atoms with Crippen molar-refractivity contribution in [2.24, 2.45) is 5.92 Å². The van der Waals surface area contributed by atoms with Crippen molar-refractivity contribution in [2.75, 3.05) is 19.6 Å². The van der Waals surface area contributed by atoms with Gasteiger partial charge < -0.3 is 4.90 Å². The van der Waals surface area contributed by atoms with Crippen LogP contribution in [0.1, 0.15) is 47.8 Å². The second-order valence-corrected chi connectivity index (χ2v) is 9.87. The highest BCUT2D eigenvalue weighted by Gasteiger charge is 2.32. The lowest BCUT2D eigenvalue weighted by Crippen LogP contribution is -2.37. The average molecular weight is 414 g/mol. The number of carbonyl (C=O) groups excluding carboxylic acids is 1. The first-order chi connectivity index (χ1) is 14.0. The number of rotatable bonds is 7. The highest BCUT2D eigenvalue weighted by Crippen LogP contribution is 2.32. The van der Waals surface area contributed by atoms with E-state index in [1.165, 1.54) is 0 Å². The molecule has 29 heavy (non-hydrogen) atoms. The van der Waals surface area contributed by atoms with Crippen molar-refractivity contribution in [2.45, 2.75) is 44.0 Å². The maximum absolute atomic E-state index is 13.2. The summed E-state index contributed by atoms with van der Waals surface area (Å²) in [5.41, 5.74) is 2.43. The van der Waals surface area contributed by atoms with Gasteiger partial charge in [-0.05, 0) is 67.0 Å². The van der Waals surface area contributed by atoms with Gasteiger partial charge in [0.15, 0.2) is 0 Å². The monoisotopic (exact) mass is 413 g/mol. The zero-order valence-electron chi connectivity index (χ0n) is 16.8. The number of hydrogen-bond acceptors (Lipinski definition) is 4. The van der Waals surface area contributed by atoms with E-state index in [4.69, 9.17) is 0 Å². The molecule has 0 atom stereocenters. The number of fused-ring (bicyclic) bond motifs is 1. The van der Waals surface area contributed by atoms with E-state index in [0.717, 1.165) is 36.8 Å². The molecule has 154 valence electrons. The fourth-order valence-corrected chi connectivity index (χ4v) is 5.47. The molecule has 0 radical (unpaired) electrons. The third-order valence-corrected chi connectivity index (χ3v) is 7.49. The van der Waals surface area contributed by atoms with Gasteiger partial charge in [-0.25, -0.2) is 8.42 Å². The molecule has 0 saturated heterocycles. The summed E-state index contributed by atoms with van der Waals surface area (Å²) in [7, 11) is -3.52. The number of nitrogens with zero attached hydrogens (tertiary/aromatic N) is 3. The first-order valence-electron chi connectivity index (χ1n) is 10.3. The highest BCUT2D eigenvalue weighted by molar-refractivity contribution is 7.89. The summed E-state index contributed by atoms with van der Waals surface area (Å²) >= 11 is 0. The van der Waals surface area contributed by atoms with Crippen LogP contribution in [0.2, 0.25) is 0 Å². The molecule has 1 aromatic heterocycles. The summed E-state index contributed by atoms with van der Waals surface area (Å²) in [6, 6.07) is 10.7. The smallest absolute Gasteiger partial charge is 0.272 e. The third-order valence-electron chi connectivity index (χ3n) is 5.63. The van der Waals surface area contributed by atoms with E-state index >= 15 is 0 Å². The number of sulfonamides is 1. The number of hydrogen-bond donors (Lipinski definition) is 0. The van der Waals surface area contributed by atoms with E-state index in [0.29, 0.717) is 42.7 Å². The Hall–Kier alpha value is -2.25. The molecular formula is C22H27N3O3S. The van der Waals surface area contributed by atoms with Gasteiger partial charge in [-0.2, -0.15) is 4.31 Å². The molecule has 1 aliphatic heterocycles. The molecule has 2 aromatic rings. The van der Waals surface area contributed by atoms with Gasteiger partial charge in [-0.15, -0.1) is 0 Å². The number of pyridine rings is 1. The van der Waals surface area contributed by atoms with Gasteiger partial charge in [0.2, 0.25) is 10.0 Å². The van der Waals surface area contributed by atoms with Crippen molar-refractivity contribution in [1.82, 2.24) is 14.2 Å². The van der Waals surface area contributed by atoms with E-state index < -0.39 is 10.0 Å². The van der Waals surface area contributed by atoms with Gasteiger partial charge in [-0.3, -0.25) is 9.78 Å². The molecule has 1 fully saturated rings. The molecule has 7 heteroatoms. The van der Waals surface area contributed by atoms with E-state index in [-0.39, 0.29) is 5.91 Å². The predicted octanol–water partition coefficient (Wildman–Crippen LogP) is 3.09. The maximum atomic E-state index is 13.2. The molecule has 1 aromatic carbocycles. The van der Waals surface area contributed by atoms with Crippen molar-refractivity contribution >= 4 is 15.9 Å². The Labute approximate surface area is 172 Å². The lowest BCUT2D eigenvalue weighted by molar-refractivity contribution is 0.0728. The van der Waals surface area contributed by atoms with Crippen LogP contribution in [0.15, 0.2) is 47.5 Å². The fourth-order valence-electron chi connectivity index (χ4n) is 3.82. The molecule has 0 spiro atoms. The van der Waals surface area contributed by atoms with Gasteiger partial charge in [0, 0.05) is 32.4 Å². The molecule has 1 aliphatic carbocycles. The molecular weight excluding hydrogens is 386 g/mol. The van der Waals surface area contributed by atoms with Crippen molar-refractivity contribution < 1.29 is 13.2 Å². The molecule has 0 unspecified atom stereocenters. The van der Waals surface area contributed by atoms with Crippen LogP contribution in [0.5, 0.6) is 0 Å². The molecule has 6 nitrogen and oxygen atoms in total. The first kappa shape index (κ1) is 20.0. The zero-order valence-corrected chi connectivity index (χ0v) is 17.6. The number of carbonyl (C=O) groups is 1. The Balaban J connectivity index is 1.57. The Morgan fingerprint density at radius 3 is 2.72 bits per heavy atom. The number of amides is 1. The SMILES string of the molecule is CCCN(CC1CC1)S(=O)(=O)c1ccc2c(c1)CN(C(=O)c1ccccn1)CC2. The molecule has 0 bridgehead atoms. The van der Waals surface area contributed by atoms with Gasteiger partial charge in [-0.1, -0.05) is 19.1 Å². The minimum Gasteiger partial charge on any atom is -0.333 e. The van der Waals surface area contributed by atoms with E-state index in [1.54, 1.807) is 45.7 Å².